The number of hydrogen-bond donors (Lipinski definition) is 2. The van der Waals surface area contributed by atoms with E-state index >= 15 is 0 Å². The lowest BCUT2D eigenvalue weighted by atomic mass is 10.2. The van der Waals surface area contributed by atoms with Crippen LogP contribution in [-0.2, 0) is 0 Å². The van der Waals surface area contributed by atoms with E-state index in [2.05, 4.69) is 19.9 Å². The fourth-order valence-corrected chi connectivity index (χ4v) is 2.48. The van der Waals surface area contributed by atoms with Crippen LogP contribution in [0.25, 0.3) is 11.3 Å². The Bertz CT molecular complexity index is 627. The van der Waals surface area contributed by atoms with Crippen LogP contribution in [0.1, 0.15) is 24.7 Å². The van der Waals surface area contributed by atoms with Gasteiger partial charge in [-0.3, -0.25) is 4.90 Å². The molecule has 0 radical (unpaired) electrons. The van der Waals surface area contributed by atoms with Crippen molar-refractivity contribution in [2.45, 2.75) is 18.9 Å². The zero-order valence-corrected chi connectivity index (χ0v) is 11.2. The molecular weight excluding hydrogens is 282 g/mol. The number of amides is 1. The molecular formula is C12H12ClN5O2. The van der Waals surface area contributed by atoms with Gasteiger partial charge in [0, 0.05) is 24.5 Å². The molecule has 0 saturated carbocycles. The number of nitrogens with zero attached hydrogens (tertiary/aromatic N) is 4. The van der Waals surface area contributed by atoms with Crippen molar-refractivity contribution in [2.24, 2.45) is 0 Å². The Morgan fingerprint density at radius 3 is 2.80 bits per heavy atom. The summed E-state index contributed by atoms with van der Waals surface area (Å²) in [6.45, 7) is 0.542. The molecule has 0 bridgehead atoms. The average molecular weight is 294 g/mol. The van der Waals surface area contributed by atoms with Gasteiger partial charge in [-0.15, -0.1) is 0 Å². The van der Waals surface area contributed by atoms with E-state index in [1.807, 2.05) is 0 Å². The summed E-state index contributed by atoms with van der Waals surface area (Å²) >= 11 is 5.64. The minimum absolute atomic E-state index is 0.182. The summed E-state index contributed by atoms with van der Waals surface area (Å²) in [7, 11) is 0. The number of carbonyl (C=O) groups is 1. The summed E-state index contributed by atoms with van der Waals surface area (Å²) in [5, 5.41) is 9.33. The lowest BCUT2D eigenvalue weighted by Gasteiger charge is -2.19. The highest BCUT2D eigenvalue weighted by atomic mass is 35.5. The number of H-pyrrole nitrogens is 1. The van der Waals surface area contributed by atoms with E-state index < -0.39 is 6.09 Å². The molecule has 3 rings (SSSR count). The van der Waals surface area contributed by atoms with Crippen LogP contribution in [0.5, 0.6) is 0 Å². The lowest BCUT2D eigenvalue weighted by molar-refractivity contribution is 0.139. The van der Waals surface area contributed by atoms with Gasteiger partial charge < -0.3 is 10.1 Å². The quantitative estimate of drug-likeness (QED) is 0.829. The largest absolute Gasteiger partial charge is 0.465 e. The van der Waals surface area contributed by atoms with Gasteiger partial charge in [0.25, 0.3) is 0 Å². The molecule has 2 aromatic rings. The van der Waals surface area contributed by atoms with Crippen LogP contribution in [0.15, 0.2) is 18.6 Å². The van der Waals surface area contributed by atoms with Crippen molar-refractivity contribution in [3.05, 3.63) is 29.7 Å². The highest BCUT2D eigenvalue weighted by Gasteiger charge is 2.31. The van der Waals surface area contributed by atoms with Gasteiger partial charge in [-0.1, -0.05) is 0 Å². The Morgan fingerprint density at radius 1 is 1.35 bits per heavy atom. The molecule has 0 aliphatic carbocycles. The van der Waals surface area contributed by atoms with E-state index in [0.29, 0.717) is 12.4 Å². The summed E-state index contributed by atoms with van der Waals surface area (Å²) in [5.41, 5.74) is 1.50. The number of aromatic nitrogens is 4. The summed E-state index contributed by atoms with van der Waals surface area (Å²) in [6, 6.07) is -0.213. The molecule has 0 aromatic carbocycles. The first-order chi connectivity index (χ1) is 9.65. The second-order valence-corrected chi connectivity index (χ2v) is 4.89. The molecule has 1 saturated heterocycles. The monoisotopic (exact) mass is 293 g/mol. The molecule has 3 heterocycles. The molecule has 2 aromatic heterocycles. The van der Waals surface area contributed by atoms with Crippen molar-refractivity contribution >= 4 is 17.7 Å². The van der Waals surface area contributed by atoms with Crippen LogP contribution < -0.4 is 0 Å². The van der Waals surface area contributed by atoms with E-state index in [4.69, 9.17) is 16.7 Å². The van der Waals surface area contributed by atoms with Gasteiger partial charge in [-0.05, 0) is 24.4 Å². The van der Waals surface area contributed by atoms with Gasteiger partial charge in [0.1, 0.15) is 5.82 Å². The van der Waals surface area contributed by atoms with Crippen LogP contribution in [-0.4, -0.2) is 42.6 Å². The Morgan fingerprint density at radius 2 is 2.10 bits per heavy atom. The molecule has 0 spiro atoms. The number of imidazole rings is 1. The average Bonchev–Trinajstić information content (AvgIpc) is 3.08. The minimum atomic E-state index is -0.916. The number of hydrogen-bond acceptors (Lipinski definition) is 4. The van der Waals surface area contributed by atoms with Crippen molar-refractivity contribution in [1.29, 1.82) is 0 Å². The highest BCUT2D eigenvalue weighted by molar-refractivity contribution is 6.28. The van der Waals surface area contributed by atoms with Crippen LogP contribution in [0, 0.1) is 0 Å². The van der Waals surface area contributed by atoms with Crippen molar-refractivity contribution < 1.29 is 9.90 Å². The van der Waals surface area contributed by atoms with E-state index in [1.165, 1.54) is 4.90 Å². The Labute approximate surface area is 119 Å². The van der Waals surface area contributed by atoms with Crippen molar-refractivity contribution in [3.63, 3.8) is 0 Å². The first-order valence-electron chi connectivity index (χ1n) is 6.17. The molecule has 1 aliphatic rings. The standard InChI is InChI=1S/C12H12ClN5O2/c13-11-15-4-7(5-16-11)8-6-14-10(17-8)9-2-1-3-18(9)12(19)20/h4-6,9H,1-3H2,(H,14,17)(H,19,20)/t9-/m0/s1. The molecule has 8 heteroatoms. The summed E-state index contributed by atoms with van der Waals surface area (Å²) in [4.78, 5) is 27.8. The molecule has 1 aliphatic heterocycles. The minimum Gasteiger partial charge on any atom is -0.465 e. The third kappa shape index (κ3) is 2.32. The molecule has 7 nitrogen and oxygen atoms in total. The molecule has 0 unspecified atom stereocenters. The van der Waals surface area contributed by atoms with Gasteiger partial charge >= 0.3 is 6.09 Å². The fourth-order valence-electron chi connectivity index (χ4n) is 2.38. The fraction of sp³-hybridized carbons (Fsp3) is 0.333. The van der Waals surface area contributed by atoms with Gasteiger partial charge in [-0.2, -0.15) is 0 Å². The predicted molar refractivity (Wildman–Crippen MR) is 71.3 cm³/mol. The second-order valence-electron chi connectivity index (χ2n) is 4.56. The number of aromatic amines is 1. The van der Waals surface area contributed by atoms with E-state index in [0.717, 1.165) is 24.1 Å². The van der Waals surface area contributed by atoms with Gasteiger partial charge in [0.15, 0.2) is 0 Å². The maximum absolute atomic E-state index is 11.1. The zero-order valence-electron chi connectivity index (χ0n) is 10.5. The van der Waals surface area contributed by atoms with Crippen molar-refractivity contribution in [2.75, 3.05) is 6.54 Å². The molecule has 20 heavy (non-hydrogen) atoms. The second kappa shape index (κ2) is 5.09. The Balaban J connectivity index is 1.86. The molecule has 104 valence electrons. The number of likely N-dealkylation sites (tertiary alicyclic amines) is 1. The SMILES string of the molecule is O=C(O)N1CCC[C@H]1c1ncc(-c2cnc(Cl)nc2)[nH]1. The third-order valence-electron chi connectivity index (χ3n) is 3.34. The topological polar surface area (TPSA) is 95.0 Å². The third-order valence-corrected chi connectivity index (χ3v) is 3.54. The van der Waals surface area contributed by atoms with E-state index in [1.54, 1.807) is 18.6 Å². The first kappa shape index (κ1) is 12.9. The lowest BCUT2D eigenvalue weighted by Crippen LogP contribution is -2.29. The zero-order chi connectivity index (χ0) is 14.1. The number of halogens is 1. The van der Waals surface area contributed by atoms with Gasteiger partial charge in [-0.25, -0.2) is 19.7 Å². The van der Waals surface area contributed by atoms with E-state index in [-0.39, 0.29) is 11.3 Å². The Kier molecular flexibility index (Phi) is 3.27. The van der Waals surface area contributed by atoms with Crippen molar-refractivity contribution in [1.82, 2.24) is 24.8 Å². The number of carboxylic acid groups (broad SMARTS) is 1. The number of rotatable bonds is 2. The van der Waals surface area contributed by atoms with Gasteiger partial charge in [0.05, 0.1) is 17.9 Å². The van der Waals surface area contributed by atoms with E-state index in [9.17, 15) is 4.79 Å². The smallest absolute Gasteiger partial charge is 0.407 e. The summed E-state index contributed by atoms with van der Waals surface area (Å²) in [6.07, 6.45) is 5.54. The highest BCUT2D eigenvalue weighted by Crippen LogP contribution is 2.31. The van der Waals surface area contributed by atoms with Crippen molar-refractivity contribution in [3.8, 4) is 11.3 Å². The summed E-state index contributed by atoms with van der Waals surface area (Å²) in [5.74, 6) is 0.648. The maximum atomic E-state index is 11.1. The first-order valence-corrected chi connectivity index (χ1v) is 6.55. The molecule has 1 amide bonds. The van der Waals surface area contributed by atoms with Crippen LogP contribution >= 0.6 is 11.6 Å². The predicted octanol–water partition coefficient (Wildman–Crippen LogP) is 2.33. The van der Waals surface area contributed by atoms with Crippen LogP contribution in [0.3, 0.4) is 0 Å². The molecule has 1 atom stereocenters. The Hall–Kier alpha value is -2.15. The molecule has 2 N–H and O–H groups in total. The van der Waals surface area contributed by atoms with Crippen LogP contribution in [0.4, 0.5) is 4.79 Å². The normalized spacial score (nSPS) is 18.4. The summed E-state index contributed by atoms with van der Waals surface area (Å²) < 4.78 is 0. The molecule has 1 fully saturated rings. The van der Waals surface area contributed by atoms with Gasteiger partial charge in [0.2, 0.25) is 5.28 Å². The maximum Gasteiger partial charge on any atom is 0.407 e. The number of nitrogens with one attached hydrogen (secondary N) is 1. The van der Waals surface area contributed by atoms with Crippen LogP contribution in [0.2, 0.25) is 5.28 Å².